The molecule has 0 radical (unpaired) electrons. The van der Waals surface area contributed by atoms with Gasteiger partial charge in [0.1, 0.15) is 17.1 Å². The number of nitrogens with zero attached hydrogens (tertiary/aromatic N) is 4. The smallest absolute Gasteiger partial charge is 0.256 e. The molecule has 2 aliphatic carbocycles. The minimum Gasteiger partial charge on any atom is -0.488 e. The molecule has 4 aromatic rings. The number of rotatable bonds is 6. The van der Waals surface area contributed by atoms with Gasteiger partial charge in [-0.1, -0.05) is 6.07 Å². The van der Waals surface area contributed by atoms with Gasteiger partial charge in [0.2, 0.25) is 0 Å². The predicted molar refractivity (Wildman–Crippen MR) is 130 cm³/mol. The van der Waals surface area contributed by atoms with Gasteiger partial charge in [-0.2, -0.15) is 5.10 Å². The fraction of sp³-hybridized carbons (Fsp3) is 0.321. The molecule has 0 atom stereocenters. The summed E-state index contributed by atoms with van der Waals surface area (Å²) in [5.74, 6) is 0.0172. The van der Waals surface area contributed by atoms with E-state index in [-0.39, 0.29) is 29.8 Å². The van der Waals surface area contributed by atoms with Crippen molar-refractivity contribution in [3.63, 3.8) is 0 Å². The van der Waals surface area contributed by atoms with Gasteiger partial charge in [-0.05, 0) is 78.6 Å². The van der Waals surface area contributed by atoms with E-state index in [9.17, 15) is 4.79 Å². The van der Waals surface area contributed by atoms with Crippen molar-refractivity contribution in [3.8, 4) is 16.9 Å². The third kappa shape index (κ3) is 3.57. The van der Waals surface area contributed by atoms with Crippen molar-refractivity contribution in [2.75, 3.05) is 0 Å². The van der Waals surface area contributed by atoms with Crippen LogP contribution in [0.5, 0.6) is 5.75 Å². The molecule has 176 valence electrons. The van der Waals surface area contributed by atoms with Crippen LogP contribution in [0.2, 0.25) is 0 Å². The maximum Gasteiger partial charge on any atom is 0.256 e. The third-order valence-corrected chi connectivity index (χ3v) is 6.97. The fourth-order valence-electron chi connectivity index (χ4n) is 4.91. The Morgan fingerprint density at radius 1 is 1.17 bits per heavy atom. The first kappa shape index (κ1) is 18.6. The highest BCUT2D eigenvalue weighted by atomic mass is 19.1. The van der Waals surface area contributed by atoms with Gasteiger partial charge in [0.05, 0.1) is 26.6 Å². The number of benzene rings is 2. The van der Waals surface area contributed by atoms with Gasteiger partial charge in [-0.15, -0.1) is 0 Å². The summed E-state index contributed by atoms with van der Waals surface area (Å²) in [6.07, 6.45) is 7.61. The molecule has 0 saturated heterocycles. The molecule has 7 heteroatoms. The molecule has 35 heavy (non-hydrogen) atoms. The average Bonchev–Trinajstić information content (AvgIpc) is 3.80. The van der Waals surface area contributed by atoms with Gasteiger partial charge in [0, 0.05) is 36.9 Å². The summed E-state index contributed by atoms with van der Waals surface area (Å²) in [6.45, 7) is -2.27. The monoisotopic (exact) mass is 470 g/mol. The third-order valence-electron chi connectivity index (χ3n) is 6.97. The zero-order valence-corrected chi connectivity index (χ0v) is 19.3. The summed E-state index contributed by atoms with van der Waals surface area (Å²) in [5, 5.41) is 5.50. The van der Waals surface area contributed by atoms with E-state index in [1.165, 1.54) is 12.3 Å². The van der Waals surface area contributed by atoms with Crippen LogP contribution in [0.3, 0.4) is 0 Å². The molecular formula is C28H25FN4O2. The van der Waals surface area contributed by atoms with E-state index in [1.807, 2.05) is 31.4 Å². The topological polar surface area (TPSA) is 60.3 Å². The van der Waals surface area contributed by atoms with E-state index in [0.717, 1.165) is 63.9 Å². The standard InChI is InChI=1S/C28H25FN4O2/c1-32-13-23-19(8-9-26(27(23)31-32)35-18-6-7-18)17-11-21(16-4-5-16)22(24(29)12-17)14-33-15-25-20(28(33)34)3-2-10-30-25/h2-3,8-13,16,18H,4-7,14-15H2,1H3/i15D2. The lowest BCUT2D eigenvalue weighted by atomic mass is 9.94. The highest BCUT2D eigenvalue weighted by Gasteiger charge is 2.33. The molecule has 0 N–H and O–H groups in total. The van der Waals surface area contributed by atoms with Crippen LogP contribution in [0.4, 0.5) is 4.39 Å². The zero-order chi connectivity index (χ0) is 25.5. The number of ether oxygens (including phenoxy) is 1. The second-order valence-electron chi connectivity index (χ2n) is 9.70. The summed E-state index contributed by atoms with van der Waals surface area (Å²) in [5.41, 5.74) is 3.86. The van der Waals surface area contributed by atoms with Crippen LogP contribution in [-0.4, -0.2) is 31.7 Å². The van der Waals surface area contributed by atoms with Crippen molar-refractivity contribution >= 4 is 16.8 Å². The zero-order valence-electron chi connectivity index (χ0n) is 21.3. The molecule has 7 rings (SSSR count). The molecule has 3 heterocycles. The van der Waals surface area contributed by atoms with Gasteiger partial charge < -0.3 is 9.64 Å². The molecule has 0 spiro atoms. The normalized spacial score (nSPS) is 19.6. The molecule has 6 nitrogen and oxygen atoms in total. The molecule has 1 amide bonds. The Hall–Kier alpha value is -3.74. The molecule has 0 bridgehead atoms. The summed E-state index contributed by atoms with van der Waals surface area (Å²) in [4.78, 5) is 18.3. The van der Waals surface area contributed by atoms with Gasteiger partial charge in [-0.25, -0.2) is 4.39 Å². The second-order valence-corrected chi connectivity index (χ2v) is 9.70. The molecule has 0 unspecified atom stereocenters. The Morgan fingerprint density at radius 2 is 2.03 bits per heavy atom. The molecule has 2 saturated carbocycles. The number of fused-ring (bicyclic) bond motifs is 2. The van der Waals surface area contributed by atoms with Crippen LogP contribution < -0.4 is 4.74 Å². The van der Waals surface area contributed by atoms with E-state index < -0.39 is 18.2 Å². The lowest BCUT2D eigenvalue weighted by Gasteiger charge is -2.20. The summed E-state index contributed by atoms with van der Waals surface area (Å²) >= 11 is 0. The number of carbonyl (C=O) groups excluding carboxylic acids is 1. The van der Waals surface area contributed by atoms with Crippen molar-refractivity contribution in [1.82, 2.24) is 19.7 Å². The van der Waals surface area contributed by atoms with Crippen LogP contribution in [0.25, 0.3) is 22.0 Å². The number of hydrogen-bond donors (Lipinski definition) is 0. The first-order valence-corrected chi connectivity index (χ1v) is 12.0. The quantitative estimate of drug-likeness (QED) is 0.381. The van der Waals surface area contributed by atoms with Crippen molar-refractivity contribution in [2.24, 2.45) is 7.05 Å². The minimum absolute atomic E-state index is 0.0810. The van der Waals surface area contributed by atoms with Crippen molar-refractivity contribution in [2.45, 2.75) is 50.7 Å². The van der Waals surface area contributed by atoms with Crippen molar-refractivity contribution < 1.29 is 16.7 Å². The maximum atomic E-state index is 15.9. The molecule has 2 fully saturated rings. The van der Waals surface area contributed by atoms with Gasteiger partial charge in [-0.3, -0.25) is 14.5 Å². The number of pyridine rings is 1. The first-order chi connectivity index (χ1) is 17.8. The summed E-state index contributed by atoms with van der Waals surface area (Å²) in [6, 6.07) is 10.5. The average molecular weight is 471 g/mol. The molecule has 2 aromatic heterocycles. The Balaban J connectivity index is 1.30. The van der Waals surface area contributed by atoms with E-state index in [0.29, 0.717) is 5.56 Å². The summed E-state index contributed by atoms with van der Waals surface area (Å²) in [7, 11) is 1.86. The molecular weight excluding hydrogens is 443 g/mol. The lowest BCUT2D eigenvalue weighted by molar-refractivity contribution is 0.0764. The first-order valence-electron chi connectivity index (χ1n) is 13.0. The number of carbonyl (C=O) groups is 1. The number of aryl methyl sites for hydroxylation is 1. The van der Waals surface area contributed by atoms with E-state index in [2.05, 4.69) is 10.1 Å². The Bertz CT molecular complexity index is 1590. The van der Waals surface area contributed by atoms with Crippen LogP contribution in [0, 0.1) is 5.82 Å². The van der Waals surface area contributed by atoms with Crippen molar-refractivity contribution in [3.05, 3.63) is 77.0 Å². The molecule has 1 aliphatic heterocycles. The lowest BCUT2D eigenvalue weighted by Crippen LogP contribution is -2.24. The van der Waals surface area contributed by atoms with Crippen LogP contribution in [-0.2, 0) is 20.1 Å². The van der Waals surface area contributed by atoms with Crippen molar-refractivity contribution in [1.29, 1.82) is 0 Å². The highest BCUT2D eigenvalue weighted by molar-refractivity contribution is 5.98. The van der Waals surface area contributed by atoms with Crippen LogP contribution in [0.15, 0.2) is 48.8 Å². The second kappa shape index (κ2) is 7.63. The molecule has 3 aliphatic rings. The Kier molecular flexibility index (Phi) is 4.05. The SMILES string of the molecule is [2H]C1([2H])c2ncccc2C(=O)N1Cc1c(F)cc(-c2ccc(OC3CC3)c3nn(C)cc23)cc1C1CC1. The Morgan fingerprint density at radius 3 is 2.80 bits per heavy atom. The maximum absolute atomic E-state index is 15.9. The highest BCUT2D eigenvalue weighted by Crippen LogP contribution is 2.45. The minimum atomic E-state index is -2.11. The van der Waals surface area contributed by atoms with Gasteiger partial charge >= 0.3 is 0 Å². The summed E-state index contributed by atoms with van der Waals surface area (Å²) < 4.78 is 40.8. The molecule has 2 aromatic carbocycles. The van der Waals surface area contributed by atoms with Crippen LogP contribution >= 0.6 is 0 Å². The van der Waals surface area contributed by atoms with Gasteiger partial charge in [0.15, 0.2) is 0 Å². The van der Waals surface area contributed by atoms with E-state index in [4.69, 9.17) is 7.48 Å². The van der Waals surface area contributed by atoms with Crippen LogP contribution in [0.1, 0.15) is 61.5 Å². The largest absolute Gasteiger partial charge is 0.488 e. The van der Waals surface area contributed by atoms with E-state index in [1.54, 1.807) is 16.8 Å². The fourth-order valence-corrected chi connectivity index (χ4v) is 4.91. The number of amides is 1. The number of hydrogen-bond acceptors (Lipinski definition) is 4. The van der Waals surface area contributed by atoms with E-state index >= 15 is 4.39 Å². The number of aromatic nitrogens is 3. The Labute approximate surface area is 205 Å². The number of halogens is 1. The predicted octanol–water partition coefficient (Wildman–Crippen LogP) is 5.35. The van der Waals surface area contributed by atoms with Gasteiger partial charge in [0.25, 0.3) is 5.91 Å².